The van der Waals surface area contributed by atoms with Crippen molar-refractivity contribution in [3.63, 3.8) is 0 Å². The Labute approximate surface area is 208 Å². The average molecular weight is 495 g/mol. The van der Waals surface area contributed by atoms with E-state index in [1.54, 1.807) is 6.20 Å². The number of hydrogen-bond donors (Lipinski definition) is 3. The van der Waals surface area contributed by atoms with E-state index in [0.717, 1.165) is 42.3 Å². The summed E-state index contributed by atoms with van der Waals surface area (Å²) in [7, 11) is 3.94. The number of hydrogen-bond acceptors (Lipinski definition) is 9. The zero-order valence-electron chi connectivity index (χ0n) is 20.1. The van der Waals surface area contributed by atoms with Crippen molar-refractivity contribution in [1.29, 1.82) is 0 Å². The summed E-state index contributed by atoms with van der Waals surface area (Å²) in [5.41, 5.74) is 8.18. The molecule has 4 N–H and O–H groups in total. The average Bonchev–Trinajstić information content (AvgIpc) is 3.27. The smallest absolute Gasteiger partial charge is 0.271 e. The van der Waals surface area contributed by atoms with Crippen molar-refractivity contribution in [2.24, 2.45) is 11.7 Å². The summed E-state index contributed by atoms with van der Waals surface area (Å²) in [6.07, 6.45) is 3.41. The van der Waals surface area contributed by atoms with Gasteiger partial charge in [-0.15, -0.1) is 0 Å². The summed E-state index contributed by atoms with van der Waals surface area (Å²) in [6, 6.07) is 9.45. The number of piperidine rings is 1. The number of carbonyl (C=O) groups excluding carboxylic acids is 2. The van der Waals surface area contributed by atoms with Crippen LogP contribution in [0.25, 0.3) is 0 Å². The highest BCUT2D eigenvalue weighted by molar-refractivity contribution is 7.10. The second-order valence-corrected chi connectivity index (χ2v) is 9.63. The number of primary amides is 1. The molecule has 3 heterocycles. The molecule has 1 aliphatic heterocycles. The fourth-order valence-corrected chi connectivity index (χ4v) is 4.62. The molecule has 2 aromatic heterocycles. The first-order chi connectivity index (χ1) is 16.8. The number of aryl methyl sites for hydroxylation is 1. The van der Waals surface area contributed by atoms with Crippen LogP contribution in [0.15, 0.2) is 36.5 Å². The summed E-state index contributed by atoms with van der Waals surface area (Å²) >= 11 is 1.28. The molecule has 1 aliphatic rings. The number of nitrogens with zero attached hydrogens (tertiary/aromatic N) is 5. The molecule has 0 atom stereocenters. The highest BCUT2D eigenvalue weighted by atomic mass is 32.1. The third-order valence-corrected chi connectivity index (χ3v) is 6.79. The molecule has 1 saturated heterocycles. The van der Waals surface area contributed by atoms with Crippen molar-refractivity contribution in [3.8, 4) is 0 Å². The zero-order valence-corrected chi connectivity index (χ0v) is 20.9. The van der Waals surface area contributed by atoms with Gasteiger partial charge in [0.1, 0.15) is 10.8 Å². The highest BCUT2D eigenvalue weighted by Crippen LogP contribution is 2.26. The lowest BCUT2D eigenvalue weighted by atomic mass is 9.96. The number of aromatic nitrogens is 3. The van der Waals surface area contributed by atoms with E-state index in [9.17, 15) is 9.59 Å². The largest absolute Gasteiger partial charge is 0.378 e. The van der Waals surface area contributed by atoms with Gasteiger partial charge < -0.3 is 26.2 Å². The van der Waals surface area contributed by atoms with Gasteiger partial charge >= 0.3 is 0 Å². The van der Waals surface area contributed by atoms with Gasteiger partial charge in [0.05, 0.1) is 11.9 Å². The molecule has 4 rings (SSSR count). The quantitative estimate of drug-likeness (QED) is 0.436. The van der Waals surface area contributed by atoms with Crippen molar-refractivity contribution in [2.45, 2.75) is 19.8 Å². The van der Waals surface area contributed by atoms with Crippen molar-refractivity contribution in [2.75, 3.05) is 48.8 Å². The molecule has 1 aromatic carbocycles. The molecule has 2 amide bonds. The normalized spacial score (nSPS) is 14.0. The molecule has 1 fully saturated rings. The lowest BCUT2D eigenvalue weighted by Crippen LogP contribution is -2.39. The summed E-state index contributed by atoms with van der Waals surface area (Å²) in [4.78, 5) is 37.4. The van der Waals surface area contributed by atoms with Gasteiger partial charge in [-0.2, -0.15) is 4.37 Å². The number of anilines is 4. The minimum absolute atomic E-state index is 0.0559. The van der Waals surface area contributed by atoms with Crippen molar-refractivity contribution < 1.29 is 9.59 Å². The lowest BCUT2D eigenvalue weighted by molar-refractivity contribution is 0.0943. The van der Waals surface area contributed by atoms with Crippen LogP contribution in [0.1, 0.15) is 39.4 Å². The fraction of sp³-hybridized carbons (Fsp3) is 0.375. The minimum Gasteiger partial charge on any atom is -0.378 e. The summed E-state index contributed by atoms with van der Waals surface area (Å²) in [5.74, 6) is 0.695. The molecule has 0 bridgehead atoms. The fourth-order valence-electron chi connectivity index (χ4n) is 3.96. The highest BCUT2D eigenvalue weighted by Gasteiger charge is 2.23. The van der Waals surface area contributed by atoms with Crippen molar-refractivity contribution >= 4 is 45.7 Å². The first kappa shape index (κ1) is 24.4. The summed E-state index contributed by atoms with van der Waals surface area (Å²) in [6.45, 7) is 4.08. The summed E-state index contributed by atoms with van der Waals surface area (Å²) in [5, 5.41) is 6.96. The Morgan fingerprint density at radius 3 is 2.51 bits per heavy atom. The first-order valence-electron chi connectivity index (χ1n) is 11.5. The van der Waals surface area contributed by atoms with E-state index in [2.05, 4.69) is 29.9 Å². The van der Waals surface area contributed by atoms with Crippen LogP contribution >= 0.6 is 11.5 Å². The van der Waals surface area contributed by atoms with Crippen LogP contribution in [-0.2, 0) is 0 Å². The van der Waals surface area contributed by atoms with Gasteiger partial charge in [-0.1, -0.05) is 0 Å². The van der Waals surface area contributed by atoms with E-state index >= 15 is 0 Å². The van der Waals surface area contributed by atoms with Gasteiger partial charge in [0.25, 0.3) is 11.8 Å². The predicted octanol–water partition coefficient (Wildman–Crippen LogP) is 2.80. The van der Waals surface area contributed by atoms with Crippen LogP contribution < -0.4 is 26.2 Å². The van der Waals surface area contributed by atoms with Crippen LogP contribution in [-0.4, -0.2) is 59.9 Å². The maximum absolute atomic E-state index is 12.5. The number of nitrogens with two attached hydrogens (primary N) is 1. The Morgan fingerprint density at radius 2 is 1.91 bits per heavy atom. The van der Waals surface area contributed by atoms with Gasteiger partial charge in [-0.3, -0.25) is 9.59 Å². The van der Waals surface area contributed by atoms with Crippen molar-refractivity contribution in [3.05, 3.63) is 53.5 Å². The second-order valence-electron chi connectivity index (χ2n) is 8.83. The Balaban J connectivity index is 1.33. The third-order valence-electron chi connectivity index (χ3n) is 6.00. The van der Waals surface area contributed by atoms with E-state index in [1.807, 2.05) is 56.3 Å². The van der Waals surface area contributed by atoms with E-state index in [0.29, 0.717) is 29.7 Å². The molecule has 10 nitrogen and oxygen atoms in total. The van der Waals surface area contributed by atoms with Crippen LogP contribution in [0, 0.1) is 12.8 Å². The lowest BCUT2D eigenvalue weighted by Gasteiger charge is -2.33. The molecule has 184 valence electrons. The Morgan fingerprint density at radius 1 is 1.20 bits per heavy atom. The molecule has 35 heavy (non-hydrogen) atoms. The van der Waals surface area contributed by atoms with Gasteiger partial charge in [-0.25, -0.2) is 9.97 Å². The van der Waals surface area contributed by atoms with Crippen LogP contribution in [0.5, 0.6) is 0 Å². The van der Waals surface area contributed by atoms with Gasteiger partial charge in [0.15, 0.2) is 11.5 Å². The number of benzene rings is 1. The van der Waals surface area contributed by atoms with E-state index in [4.69, 9.17) is 5.73 Å². The Kier molecular flexibility index (Phi) is 7.45. The predicted molar refractivity (Wildman–Crippen MR) is 139 cm³/mol. The number of rotatable bonds is 8. The molecule has 0 unspecified atom stereocenters. The van der Waals surface area contributed by atoms with Crippen molar-refractivity contribution in [1.82, 2.24) is 19.7 Å². The minimum atomic E-state index is -0.640. The molecule has 0 saturated carbocycles. The molecule has 3 aromatic rings. The number of carbonyl (C=O) groups is 2. The molecular formula is C24H30N8O2S. The third kappa shape index (κ3) is 6.04. The van der Waals surface area contributed by atoms with E-state index in [-0.39, 0.29) is 11.6 Å². The topological polar surface area (TPSA) is 129 Å². The van der Waals surface area contributed by atoms with Crippen LogP contribution in [0.2, 0.25) is 0 Å². The Hall–Kier alpha value is -3.73. The molecule has 11 heteroatoms. The molecule has 0 aliphatic carbocycles. The maximum Gasteiger partial charge on any atom is 0.271 e. The van der Waals surface area contributed by atoms with Gasteiger partial charge in [0.2, 0.25) is 0 Å². The molecule has 0 spiro atoms. The maximum atomic E-state index is 12.5. The first-order valence-corrected chi connectivity index (χ1v) is 12.2. The molecule has 0 radical (unpaired) electrons. The monoisotopic (exact) mass is 494 g/mol. The molecular weight excluding hydrogens is 464 g/mol. The second kappa shape index (κ2) is 10.7. The number of nitrogens with one attached hydrogen (secondary N) is 2. The van der Waals surface area contributed by atoms with Crippen LogP contribution in [0.4, 0.5) is 22.3 Å². The number of amides is 2. The Bertz CT molecular complexity index is 1190. The van der Waals surface area contributed by atoms with E-state index in [1.165, 1.54) is 11.5 Å². The SMILES string of the molecule is Cc1cc(Nc2nc(N3CCC(CNC(=O)c4ccc(N(C)C)cc4)CC3)cnc2C(N)=O)sn1. The summed E-state index contributed by atoms with van der Waals surface area (Å²) < 4.78 is 4.24. The van der Waals surface area contributed by atoms with Crippen LogP contribution in [0.3, 0.4) is 0 Å². The van der Waals surface area contributed by atoms with E-state index < -0.39 is 5.91 Å². The van der Waals surface area contributed by atoms with Gasteiger partial charge in [-0.05, 0) is 67.5 Å². The zero-order chi connectivity index (χ0) is 24.9. The van der Waals surface area contributed by atoms with Gasteiger partial charge in [0, 0.05) is 45.0 Å². The standard InChI is InChI=1S/C24H30N8O2S/c1-15-12-20(35-30-15)29-23-21(22(25)33)26-14-19(28-23)32-10-8-16(9-11-32)13-27-24(34)17-4-6-18(7-5-17)31(2)3/h4-7,12,14,16H,8-11,13H2,1-3H3,(H2,25,33)(H,27,34)(H,28,29).